The second-order valence-corrected chi connectivity index (χ2v) is 5.95. The molecule has 0 spiro atoms. The van der Waals surface area contributed by atoms with Crippen molar-refractivity contribution in [3.8, 4) is 5.69 Å². The fourth-order valence-corrected chi connectivity index (χ4v) is 3.05. The van der Waals surface area contributed by atoms with Crippen LogP contribution in [-0.4, -0.2) is 31.9 Å². The number of carbonyl (C=O) groups excluding carboxylic acids is 1. The van der Waals surface area contributed by atoms with Gasteiger partial charge in [-0.3, -0.25) is 14.2 Å². The standard InChI is InChI=1S/C18H15FN4O2/c19-14-1-3-15(4-2-14)23-10-13-9-22(6-5-12(13)7-17(23)24)18(25)16-8-20-11-21-16/h1-4,7-8,10-11H,5-6,9H2,(H,20,21). The minimum absolute atomic E-state index is 0.123. The van der Waals surface area contributed by atoms with Gasteiger partial charge in [0.2, 0.25) is 0 Å². The van der Waals surface area contributed by atoms with Gasteiger partial charge < -0.3 is 9.88 Å². The molecule has 0 fully saturated rings. The summed E-state index contributed by atoms with van der Waals surface area (Å²) in [5.41, 5.74) is 2.71. The van der Waals surface area contributed by atoms with Crippen molar-refractivity contribution in [2.45, 2.75) is 13.0 Å². The molecule has 7 heteroatoms. The molecule has 1 amide bonds. The van der Waals surface area contributed by atoms with Crippen molar-refractivity contribution in [3.05, 3.63) is 82.0 Å². The molecule has 0 saturated carbocycles. The van der Waals surface area contributed by atoms with E-state index in [-0.39, 0.29) is 17.3 Å². The lowest BCUT2D eigenvalue weighted by Gasteiger charge is -2.28. The number of halogens is 1. The summed E-state index contributed by atoms with van der Waals surface area (Å²) in [6.07, 6.45) is 5.32. The number of rotatable bonds is 2. The molecule has 0 saturated heterocycles. The van der Waals surface area contributed by atoms with Gasteiger partial charge in [0.05, 0.1) is 12.5 Å². The summed E-state index contributed by atoms with van der Waals surface area (Å²) < 4.78 is 14.6. The number of hydrogen-bond donors (Lipinski definition) is 1. The molecule has 25 heavy (non-hydrogen) atoms. The third-order valence-electron chi connectivity index (χ3n) is 4.37. The van der Waals surface area contributed by atoms with Crippen molar-refractivity contribution >= 4 is 5.91 Å². The van der Waals surface area contributed by atoms with E-state index < -0.39 is 0 Å². The Labute approximate surface area is 142 Å². The van der Waals surface area contributed by atoms with Crippen LogP contribution in [0.15, 0.2) is 53.8 Å². The smallest absolute Gasteiger partial charge is 0.272 e. The van der Waals surface area contributed by atoms with Gasteiger partial charge >= 0.3 is 0 Å². The predicted molar refractivity (Wildman–Crippen MR) is 89.0 cm³/mol. The topological polar surface area (TPSA) is 71.0 Å². The van der Waals surface area contributed by atoms with E-state index in [9.17, 15) is 14.0 Å². The average Bonchev–Trinajstić information content (AvgIpc) is 3.15. The summed E-state index contributed by atoms with van der Waals surface area (Å²) in [5, 5.41) is 0. The number of aromatic amines is 1. The second-order valence-electron chi connectivity index (χ2n) is 5.95. The quantitative estimate of drug-likeness (QED) is 0.776. The number of benzene rings is 1. The van der Waals surface area contributed by atoms with Gasteiger partial charge in [-0.05, 0) is 41.8 Å². The average molecular weight is 338 g/mol. The summed E-state index contributed by atoms with van der Waals surface area (Å²) in [6, 6.07) is 7.33. The first-order valence-corrected chi connectivity index (χ1v) is 7.90. The maximum absolute atomic E-state index is 13.1. The van der Waals surface area contributed by atoms with Gasteiger partial charge in [0, 0.05) is 31.0 Å². The van der Waals surface area contributed by atoms with E-state index >= 15 is 0 Å². The van der Waals surface area contributed by atoms with Crippen molar-refractivity contribution in [2.24, 2.45) is 0 Å². The summed E-state index contributed by atoms with van der Waals surface area (Å²) in [7, 11) is 0. The Bertz CT molecular complexity index is 977. The number of fused-ring (bicyclic) bond motifs is 1. The van der Waals surface area contributed by atoms with Crippen molar-refractivity contribution in [3.63, 3.8) is 0 Å². The zero-order chi connectivity index (χ0) is 17.4. The highest BCUT2D eigenvalue weighted by Crippen LogP contribution is 2.20. The number of nitrogens with one attached hydrogen (secondary N) is 1. The van der Waals surface area contributed by atoms with Crippen LogP contribution in [0.1, 0.15) is 21.6 Å². The number of carbonyl (C=O) groups is 1. The molecule has 2 aromatic heterocycles. The molecule has 0 unspecified atom stereocenters. The zero-order valence-corrected chi connectivity index (χ0v) is 13.3. The van der Waals surface area contributed by atoms with Crippen molar-refractivity contribution < 1.29 is 9.18 Å². The minimum Gasteiger partial charge on any atom is -0.341 e. The molecule has 6 nitrogen and oxygen atoms in total. The maximum Gasteiger partial charge on any atom is 0.272 e. The van der Waals surface area contributed by atoms with Crippen LogP contribution in [0.5, 0.6) is 0 Å². The number of hydrogen-bond acceptors (Lipinski definition) is 3. The van der Waals surface area contributed by atoms with E-state index in [1.807, 2.05) is 0 Å². The molecule has 1 aliphatic rings. The molecule has 0 aliphatic carbocycles. The largest absolute Gasteiger partial charge is 0.341 e. The lowest BCUT2D eigenvalue weighted by molar-refractivity contribution is 0.0729. The van der Waals surface area contributed by atoms with Crippen LogP contribution in [-0.2, 0) is 13.0 Å². The van der Waals surface area contributed by atoms with Gasteiger partial charge in [0.1, 0.15) is 11.5 Å². The lowest BCUT2D eigenvalue weighted by atomic mass is 10.0. The second kappa shape index (κ2) is 6.01. The fraction of sp³-hybridized carbons (Fsp3) is 0.167. The van der Waals surface area contributed by atoms with Crippen LogP contribution < -0.4 is 5.56 Å². The number of pyridine rings is 1. The monoisotopic (exact) mass is 338 g/mol. The normalized spacial score (nSPS) is 13.6. The number of amides is 1. The van der Waals surface area contributed by atoms with Crippen LogP contribution in [0.4, 0.5) is 4.39 Å². The molecule has 126 valence electrons. The van der Waals surface area contributed by atoms with E-state index in [0.29, 0.717) is 30.9 Å². The zero-order valence-electron chi connectivity index (χ0n) is 13.3. The van der Waals surface area contributed by atoms with Crippen LogP contribution in [0.25, 0.3) is 5.69 Å². The number of nitrogens with zero attached hydrogens (tertiary/aromatic N) is 3. The van der Waals surface area contributed by atoms with Crippen LogP contribution in [0.3, 0.4) is 0 Å². The predicted octanol–water partition coefficient (Wildman–Crippen LogP) is 1.90. The molecule has 0 radical (unpaired) electrons. The Balaban J connectivity index is 1.67. The Kier molecular flexibility index (Phi) is 3.68. The third-order valence-corrected chi connectivity index (χ3v) is 4.37. The Morgan fingerprint density at radius 1 is 1.20 bits per heavy atom. The molecule has 1 N–H and O–H groups in total. The number of H-pyrrole nitrogens is 1. The first-order valence-electron chi connectivity index (χ1n) is 7.90. The molecule has 3 heterocycles. The molecule has 4 rings (SSSR count). The van der Waals surface area contributed by atoms with E-state index in [2.05, 4.69) is 9.97 Å². The van der Waals surface area contributed by atoms with Crippen molar-refractivity contribution in [1.29, 1.82) is 0 Å². The highest BCUT2D eigenvalue weighted by atomic mass is 19.1. The molecule has 1 aliphatic heterocycles. The van der Waals surface area contributed by atoms with Gasteiger partial charge in [-0.25, -0.2) is 9.37 Å². The maximum atomic E-state index is 13.1. The van der Waals surface area contributed by atoms with Gasteiger partial charge in [-0.2, -0.15) is 0 Å². The molecule has 1 aromatic carbocycles. The van der Waals surface area contributed by atoms with Crippen molar-refractivity contribution in [2.75, 3.05) is 6.54 Å². The first kappa shape index (κ1) is 15.3. The first-order chi connectivity index (χ1) is 12.1. The minimum atomic E-state index is -0.355. The third kappa shape index (κ3) is 2.84. The van der Waals surface area contributed by atoms with Crippen LogP contribution >= 0.6 is 0 Å². The Morgan fingerprint density at radius 2 is 2.00 bits per heavy atom. The van der Waals surface area contributed by atoms with E-state index in [1.165, 1.54) is 29.2 Å². The summed E-state index contributed by atoms with van der Waals surface area (Å²) >= 11 is 0. The highest BCUT2D eigenvalue weighted by Gasteiger charge is 2.23. The highest BCUT2D eigenvalue weighted by molar-refractivity contribution is 5.92. The van der Waals surface area contributed by atoms with Gasteiger partial charge in [0.15, 0.2) is 0 Å². The number of aromatic nitrogens is 3. The van der Waals surface area contributed by atoms with Gasteiger partial charge in [0.25, 0.3) is 11.5 Å². The lowest BCUT2D eigenvalue weighted by Crippen LogP contribution is -2.37. The summed E-state index contributed by atoms with van der Waals surface area (Å²) in [4.78, 5) is 33.2. The van der Waals surface area contributed by atoms with Gasteiger partial charge in [-0.15, -0.1) is 0 Å². The molecule has 0 atom stereocenters. The molecular formula is C18H15FN4O2. The summed E-state index contributed by atoms with van der Waals surface area (Å²) in [5.74, 6) is -0.478. The van der Waals surface area contributed by atoms with E-state index in [1.54, 1.807) is 29.3 Å². The van der Waals surface area contributed by atoms with Gasteiger partial charge in [-0.1, -0.05) is 0 Å². The summed E-state index contributed by atoms with van der Waals surface area (Å²) in [6.45, 7) is 0.958. The fourth-order valence-electron chi connectivity index (χ4n) is 3.05. The van der Waals surface area contributed by atoms with Crippen LogP contribution in [0, 0.1) is 5.82 Å². The van der Waals surface area contributed by atoms with Crippen molar-refractivity contribution in [1.82, 2.24) is 19.4 Å². The SMILES string of the molecule is O=C(c1cnc[nH]1)N1CCc2cc(=O)n(-c3ccc(F)cc3)cc2C1. The Hall–Kier alpha value is -3.22. The molecular weight excluding hydrogens is 323 g/mol. The van der Waals surface area contributed by atoms with E-state index in [4.69, 9.17) is 0 Å². The Morgan fingerprint density at radius 3 is 2.72 bits per heavy atom. The van der Waals surface area contributed by atoms with E-state index in [0.717, 1.165) is 11.1 Å². The van der Waals surface area contributed by atoms with Crippen LogP contribution in [0.2, 0.25) is 0 Å². The molecule has 3 aromatic rings. The molecule has 0 bridgehead atoms. The number of imidazole rings is 1.